The molecule has 0 radical (unpaired) electrons. The lowest BCUT2D eigenvalue weighted by Crippen LogP contribution is -2.04. The molecule has 1 aromatic rings. The van der Waals surface area contributed by atoms with Crippen LogP contribution in [0.25, 0.3) is 0 Å². The Kier molecular flexibility index (Phi) is 2.97. The van der Waals surface area contributed by atoms with Crippen molar-refractivity contribution in [3.05, 3.63) is 17.7 Å². The van der Waals surface area contributed by atoms with Gasteiger partial charge in [-0.05, 0) is 19.1 Å². The largest absolute Gasteiger partial charge is 0.504 e. The zero-order valence-corrected chi connectivity index (χ0v) is 7.45. The minimum absolute atomic E-state index is 0.0418. The molecule has 0 aliphatic rings. The van der Waals surface area contributed by atoms with E-state index < -0.39 is 0 Å². The van der Waals surface area contributed by atoms with Gasteiger partial charge in [0.15, 0.2) is 11.5 Å². The predicted molar refractivity (Wildman–Crippen MR) is 49.8 cm³/mol. The second-order valence-electron chi connectivity index (χ2n) is 2.70. The number of aliphatic hydroxyl groups excluding tert-OH is 1. The minimum atomic E-state index is -0.0896. The van der Waals surface area contributed by atoms with Crippen LogP contribution in [-0.4, -0.2) is 23.4 Å². The van der Waals surface area contributed by atoms with E-state index in [1.54, 1.807) is 13.0 Å². The highest BCUT2D eigenvalue weighted by Gasteiger charge is 2.08. The molecule has 0 saturated carbocycles. The van der Waals surface area contributed by atoms with Gasteiger partial charge in [-0.3, -0.25) is 0 Å². The fourth-order valence-electron chi connectivity index (χ4n) is 1.02. The molecule has 0 fully saturated rings. The van der Waals surface area contributed by atoms with Crippen LogP contribution >= 0.6 is 0 Å². The first-order chi connectivity index (χ1) is 6.16. The highest BCUT2D eigenvalue weighted by atomic mass is 16.5. The molecule has 0 spiro atoms. The molecule has 0 heterocycles. The second-order valence-corrected chi connectivity index (χ2v) is 2.70. The van der Waals surface area contributed by atoms with Gasteiger partial charge in [0.05, 0.1) is 6.61 Å². The van der Waals surface area contributed by atoms with Crippen LogP contribution in [0.4, 0.5) is 5.69 Å². The van der Waals surface area contributed by atoms with Gasteiger partial charge in [0.1, 0.15) is 6.61 Å². The minimum Gasteiger partial charge on any atom is -0.504 e. The lowest BCUT2D eigenvalue weighted by atomic mass is 10.1. The van der Waals surface area contributed by atoms with Gasteiger partial charge in [-0.1, -0.05) is 0 Å². The molecule has 1 rings (SSSR count). The highest BCUT2D eigenvalue weighted by molar-refractivity contribution is 5.59. The summed E-state index contributed by atoms with van der Waals surface area (Å²) in [6.45, 7) is 1.81. The number of nitrogen functional groups attached to an aromatic ring is 1. The quantitative estimate of drug-likeness (QED) is 0.475. The first-order valence-electron chi connectivity index (χ1n) is 3.98. The van der Waals surface area contributed by atoms with Crippen molar-refractivity contribution in [3.63, 3.8) is 0 Å². The lowest BCUT2D eigenvalue weighted by Gasteiger charge is -2.11. The Balaban J connectivity index is 2.96. The number of hydrogen-bond donors (Lipinski definition) is 3. The zero-order valence-electron chi connectivity index (χ0n) is 7.45. The van der Waals surface area contributed by atoms with Gasteiger partial charge in [0, 0.05) is 11.3 Å². The van der Waals surface area contributed by atoms with Crippen molar-refractivity contribution in [1.29, 1.82) is 0 Å². The van der Waals surface area contributed by atoms with E-state index in [1.807, 2.05) is 0 Å². The molecule has 0 saturated heterocycles. The Hall–Kier alpha value is -1.42. The van der Waals surface area contributed by atoms with Crippen LogP contribution in [0.1, 0.15) is 5.56 Å². The topological polar surface area (TPSA) is 75.7 Å². The summed E-state index contributed by atoms with van der Waals surface area (Å²) < 4.78 is 5.12. The normalized spacial score (nSPS) is 10.0. The molecular weight excluding hydrogens is 170 g/mol. The molecule has 0 aliphatic heterocycles. The Morgan fingerprint density at radius 1 is 1.46 bits per heavy atom. The molecule has 13 heavy (non-hydrogen) atoms. The van der Waals surface area contributed by atoms with E-state index in [-0.39, 0.29) is 19.0 Å². The van der Waals surface area contributed by atoms with Gasteiger partial charge in [0.25, 0.3) is 0 Å². The molecule has 4 nitrogen and oxygen atoms in total. The summed E-state index contributed by atoms with van der Waals surface area (Å²) in [7, 11) is 0. The fourth-order valence-corrected chi connectivity index (χ4v) is 1.02. The predicted octanol–water partition coefficient (Wildman–Crippen LogP) is 0.654. The standard InChI is InChI=1S/C9H13NO3/c1-6-7(10)2-3-8(12)9(6)13-5-4-11/h2-3,11-12H,4-5,10H2,1H3. The molecule has 4 N–H and O–H groups in total. The molecule has 0 aliphatic carbocycles. The summed E-state index contributed by atoms with van der Waals surface area (Å²) in [6.07, 6.45) is 0. The van der Waals surface area contributed by atoms with Crippen molar-refractivity contribution in [2.45, 2.75) is 6.92 Å². The third-order valence-electron chi connectivity index (χ3n) is 1.76. The first-order valence-corrected chi connectivity index (χ1v) is 3.98. The third kappa shape index (κ3) is 2.03. The summed E-state index contributed by atoms with van der Waals surface area (Å²) in [6, 6.07) is 3.07. The molecule has 0 aromatic heterocycles. The Bertz CT molecular complexity index is 299. The number of aromatic hydroxyl groups is 1. The monoisotopic (exact) mass is 183 g/mol. The Morgan fingerprint density at radius 2 is 2.15 bits per heavy atom. The van der Waals surface area contributed by atoms with E-state index in [0.717, 1.165) is 0 Å². The molecule has 72 valence electrons. The maximum absolute atomic E-state index is 9.38. The smallest absolute Gasteiger partial charge is 0.165 e. The molecule has 0 amide bonds. The zero-order chi connectivity index (χ0) is 9.84. The van der Waals surface area contributed by atoms with Gasteiger partial charge in [0.2, 0.25) is 0 Å². The van der Waals surface area contributed by atoms with Crippen molar-refractivity contribution < 1.29 is 14.9 Å². The van der Waals surface area contributed by atoms with Crippen LogP contribution in [0.3, 0.4) is 0 Å². The van der Waals surface area contributed by atoms with Crippen LogP contribution in [0, 0.1) is 6.92 Å². The molecule has 1 aromatic carbocycles. The number of rotatable bonds is 3. The van der Waals surface area contributed by atoms with Crippen molar-refractivity contribution >= 4 is 5.69 Å². The van der Waals surface area contributed by atoms with Crippen molar-refractivity contribution in [2.75, 3.05) is 18.9 Å². The van der Waals surface area contributed by atoms with Gasteiger partial charge in [-0.15, -0.1) is 0 Å². The van der Waals surface area contributed by atoms with E-state index in [4.69, 9.17) is 15.6 Å². The Labute approximate surface area is 76.6 Å². The van der Waals surface area contributed by atoms with E-state index in [0.29, 0.717) is 17.0 Å². The van der Waals surface area contributed by atoms with Crippen LogP contribution in [0.5, 0.6) is 11.5 Å². The van der Waals surface area contributed by atoms with E-state index in [9.17, 15) is 5.11 Å². The second kappa shape index (κ2) is 4.00. The van der Waals surface area contributed by atoms with E-state index in [1.165, 1.54) is 6.07 Å². The number of phenols is 1. The van der Waals surface area contributed by atoms with Crippen molar-refractivity contribution in [3.8, 4) is 11.5 Å². The molecular formula is C9H13NO3. The average Bonchev–Trinajstić information content (AvgIpc) is 2.12. The molecule has 0 bridgehead atoms. The number of hydrogen-bond acceptors (Lipinski definition) is 4. The van der Waals surface area contributed by atoms with Crippen molar-refractivity contribution in [2.24, 2.45) is 0 Å². The molecule has 0 unspecified atom stereocenters. The number of phenolic OH excluding ortho intramolecular Hbond substituents is 1. The number of nitrogens with two attached hydrogens (primary N) is 1. The average molecular weight is 183 g/mol. The third-order valence-corrected chi connectivity index (χ3v) is 1.76. The highest BCUT2D eigenvalue weighted by Crippen LogP contribution is 2.33. The lowest BCUT2D eigenvalue weighted by molar-refractivity contribution is 0.196. The van der Waals surface area contributed by atoms with Gasteiger partial charge < -0.3 is 20.7 Å². The van der Waals surface area contributed by atoms with Crippen LogP contribution in [0.15, 0.2) is 12.1 Å². The molecule has 4 heteroatoms. The Morgan fingerprint density at radius 3 is 2.77 bits per heavy atom. The van der Waals surface area contributed by atoms with Crippen LogP contribution in [-0.2, 0) is 0 Å². The summed E-state index contributed by atoms with van der Waals surface area (Å²) in [5, 5.41) is 17.9. The summed E-state index contributed by atoms with van der Waals surface area (Å²) in [5.41, 5.74) is 6.86. The number of aliphatic hydroxyl groups is 1. The maximum atomic E-state index is 9.38. The first kappa shape index (κ1) is 9.67. The number of benzene rings is 1. The summed E-state index contributed by atoms with van der Waals surface area (Å²) >= 11 is 0. The fraction of sp³-hybridized carbons (Fsp3) is 0.333. The number of anilines is 1. The van der Waals surface area contributed by atoms with E-state index >= 15 is 0 Å². The van der Waals surface area contributed by atoms with Crippen LogP contribution < -0.4 is 10.5 Å². The SMILES string of the molecule is Cc1c(N)ccc(O)c1OCCO. The molecule has 0 atom stereocenters. The summed E-state index contributed by atoms with van der Waals surface area (Å²) in [5.74, 6) is 0.384. The maximum Gasteiger partial charge on any atom is 0.165 e. The van der Waals surface area contributed by atoms with Crippen LogP contribution in [0.2, 0.25) is 0 Å². The van der Waals surface area contributed by atoms with Gasteiger partial charge in [-0.2, -0.15) is 0 Å². The van der Waals surface area contributed by atoms with Gasteiger partial charge in [-0.25, -0.2) is 0 Å². The number of ether oxygens (including phenoxy) is 1. The van der Waals surface area contributed by atoms with Gasteiger partial charge >= 0.3 is 0 Å². The van der Waals surface area contributed by atoms with E-state index in [2.05, 4.69) is 0 Å². The van der Waals surface area contributed by atoms with Crippen molar-refractivity contribution in [1.82, 2.24) is 0 Å². The summed E-state index contributed by atoms with van der Waals surface area (Å²) in [4.78, 5) is 0.